The van der Waals surface area contributed by atoms with E-state index in [1.807, 2.05) is 31.2 Å². The molecule has 0 aliphatic rings. The zero-order chi connectivity index (χ0) is 15.9. The maximum absolute atomic E-state index is 12.9. The number of methoxy groups -OCH3 is 1. The predicted molar refractivity (Wildman–Crippen MR) is 86.6 cm³/mol. The van der Waals surface area contributed by atoms with Crippen LogP contribution in [-0.4, -0.2) is 18.3 Å². The lowest BCUT2D eigenvalue weighted by molar-refractivity contribution is -0.120. The average Bonchev–Trinajstić information content (AvgIpc) is 2.54. The molecule has 0 spiro atoms. The number of thioether (sulfide) groups is 1. The third kappa shape index (κ3) is 4.49. The van der Waals surface area contributed by atoms with Crippen LogP contribution in [0.1, 0.15) is 12.5 Å². The molecular formula is C17H18FNO2S. The normalized spacial score (nSPS) is 11.8. The number of carbonyl (C=O) groups is 1. The number of rotatable bonds is 6. The monoisotopic (exact) mass is 319 g/mol. The van der Waals surface area contributed by atoms with Gasteiger partial charge in [-0.15, -0.1) is 11.8 Å². The summed E-state index contributed by atoms with van der Waals surface area (Å²) in [4.78, 5) is 13.0. The van der Waals surface area contributed by atoms with Crippen molar-refractivity contribution in [2.24, 2.45) is 0 Å². The van der Waals surface area contributed by atoms with E-state index in [4.69, 9.17) is 4.74 Å². The van der Waals surface area contributed by atoms with Crippen molar-refractivity contribution in [3.8, 4) is 5.75 Å². The molecule has 0 heterocycles. The van der Waals surface area contributed by atoms with Gasteiger partial charge in [0, 0.05) is 17.0 Å². The third-order valence-corrected chi connectivity index (χ3v) is 4.25. The van der Waals surface area contributed by atoms with E-state index in [0.29, 0.717) is 6.54 Å². The van der Waals surface area contributed by atoms with Gasteiger partial charge in [0.15, 0.2) is 0 Å². The Bertz CT molecular complexity index is 631. The summed E-state index contributed by atoms with van der Waals surface area (Å²) in [7, 11) is 1.60. The molecule has 2 aromatic carbocycles. The molecular weight excluding hydrogens is 301 g/mol. The summed E-state index contributed by atoms with van der Waals surface area (Å²) >= 11 is 1.40. The highest BCUT2D eigenvalue weighted by atomic mass is 32.2. The molecule has 2 aromatic rings. The van der Waals surface area contributed by atoms with Gasteiger partial charge >= 0.3 is 0 Å². The summed E-state index contributed by atoms with van der Waals surface area (Å²) in [6.45, 7) is 2.24. The molecule has 5 heteroatoms. The molecule has 116 valence electrons. The van der Waals surface area contributed by atoms with Gasteiger partial charge in [0.2, 0.25) is 5.91 Å². The van der Waals surface area contributed by atoms with Crippen LogP contribution in [0.3, 0.4) is 0 Å². The van der Waals surface area contributed by atoms with Crippen molar-refractivity contribution in [1.29, 1.82) is 0 Å². The number of nitrogens with one attached hydrogen (secondary N) is 1. The quantitative estimate of drug-likeness (QED) is 0.826. The fourth-order valence-electron chi connectivity index (χ4n) is 1.95. The number of ether oxygens (including phenoxy) is 1. The Labute approximate surface area is 133 Å². The van der Waals surface area contributed by atoms with Crippen LogP contribution in [0, 0.1) is 5.82 Å². The number of halogens is 1. The summed E-state index contributed by atoms with van der Waals surface area (Å²) in [6, 6.07) is 13.7. The fourth-order valence-corrected chi connectivity index (χ4v) is 2.84. The van der Waals surface area contributed by atoms with Gasteiger partial charge in [-0.2, -0.15) is 0 Å². The maximum Gasteiger partial charge on any atom is 0.233 e. The Morgan fingerprint density at radius 3 is 2.59 bits per heavy atom. The Balaban J connectivity index is 1.90. The zero-order valence-electron chi connectivity index (χ0n) is 12.5. The van der Waals surface area contributed by atoms with Gasteiger partial charge in [0.25, 0.3) is 0 Å². The summed E-state index contributed by atoms with van der Waals surface area (Å²) in [5.74, 6) is 0.402. The Kier molecular flexibility index (Phi) is 5.83. The first-order chi connectivity index (χ1) is 10.6. The first-order valence-electron chi connectivity index (χ1n) is 6.92. The highest BCUT2D eigenvalue weighted by Crippen LogP contribution is 2.23. The van der Waals surface area contributed by atoms with Crippen LogP contribution < -0.4 is 10.1 Å². The van der Waals surface area contributed by atoms with Crippen LogP contribution in [0.5, 0.6) is 5.75 Å². The molecule has 0 saturated heterocycles. The molecule has 0 aromatic heterocycles. The molecule has 22 heavy (non-hydrogen) atoms. The number of amides is 1. The van der Waals surface area contributed by atoms with E-state index in [9.17, 15) is 9.18 Å². The number of hydrogen-bond donors (Lipinski definition) is 1. The molecule has 1 atom stereocenters. The Hall–Kier alpha value is -2.01. The fraction of sp³-hybridized carbons (Fsp3) is 0.235. The first-order valence-corrected chi connectivity index (χ1v) is 7.80. The summed E-state index contributed by atoms with van der Waals surface area (Å²) in [5.41, 5.74) is 0.928. The maximum atomic E-state index is 12.9. The lowest BCUT2D eigenvalue weighted by Gasteiger charge is -2.13. The van der Waals surface area contributed by atoms with Gasteiger partial charge in [0.05, 0.1) is 12.4 Å². The Morgan fingerprint density at radius 1 is 1.23 bits per heavy atom. The predicted octanol–water partition coefficient (Wildman–Crippen LogP) is 3.63. The number of hydrogen-bond acceptors (Lipinski definition) is 3. The largest absolute Gasteiger partial charge is 0.496 e. The minimum atomic E-state index is -0.280. The van der Waals surface area contributed by atoms with E-state index in [-0.39, 0.29) is 17.0 Å². The standard InChI is InChI=1S/C17H18FNO2S/c1-12(22-15-9-7-14(18)8-10-15)17(20)19-11-13-5-3-4-6-16(13)21-2/h3-10,12H,11H2,1-2H3,(H,19,20). The average molecular weight is 319 g/mol. The second-order valence-electron chi connectivity index (χ2n) is 4.74. The minimum Gasteiger partial charge on any atom is -0.496 e. The van der Waals surface area contributed by atoms with Gasteiger partial charge in [-0.25, -0.2) is 4.39 Å². The van der Waals surface area contributed by atoms with Crippen molar-refractivity contribution in [2.45, 2.75) is 23.6 Å². The van der Waals surface area contributed by atoms with Crippen LogP contribution in [-0.2, 0) is 11.3 Å². The van der Waals surface area contributed by atoms with Crippen LogP contribution in [0.4, 0.5) is 4.39 Å². The molecule has 0 saturated carbocycles. The number of benzene rings is 2. The molecule has 2 rings (SSSR count). The van der Waals surface area contributed by atoms with Crippen LogP contribution in [0.2, 0.25) is 0 Å². The van der Waals surface area contributed by atoms with Crippen molar-refractivity contribution in [3.05, 3.63) is 59.9 Å². The van der Waals surface area contributed by atoms with Gasteiger partial charge < -0.3 is 10.1 Å². The van der Waals surface area contributed by atoms with Crippen LogP contribution in [0.25, 0.3) is 0 Å². The molecule has 0 aliphatic carbocycles. The van der Waals surface area contributed by atoms with E-state index in [1.54, 1.807) is 19.2 Å². The molecule has 0 aliphatic heterocycles. The summed E-state index contributed by atoms with van der Waals surface area (Å²) in [6.07, 6.45) is 0. The highest BCUT2D eigenvalue weighted by molar-refractivity contribution is 8.00. The highest BCUT2D eigenvalue weighted by Gasteiger charge is 2.14. The van der Waals surface area contributed by atoms with Gasteiger partial charge in [-0.05, 0) is 37.3 Å². The van der Waals surface area contributed by atoms with Crippen molar-refractivity contribution in [2.75, 3.05) is 7.11 Å². The Morgan fingerprint density at radius 2 is 1.91 bits per heavy atom. The smallest absolute Gasteiger partial charge is 0.233 e. The third-order valence-electron chi connectivity index (χ3n) is 3.14. The second kappa shape index (κ2) is 7.84. The van der Waals surface area contributed by atoms with Crippen LogP contribution >= 0.6 is 11.8 Å². The van der Waals surface area contributed by atoms with E-state index in [2.05, 4.69) is 5.32 Å². The number of carbonyl (C=O) groups excluding carboxylic acids is 1. The molecule has 1 N–H and O–H groups in total. The SMILES string of the molecule is COc1ccccc1CNC(=O)C(C)Sc1ccc(F)cc1. The zero-order valence-corrected chi connectivity index (χ0v) is 13.3. The van der Waals surface area contributed by atoms with E-state index < -0.39 is 0 Å². The second-order valence-corrected chi connectivity index (χ2v) is 6.16. The first kappa shape index (κ1) is 16.4. The van der Waals surface area contributed by atoms with E-state index in [1.165, 1.54) is 23.9 Å². The molecule has 3 nitrogen and oxygen atoms in total. The van der Waals surface area contributed by atoms with Crippen molar-refractivity contribution in [3.63, 3.8) is 0 Å². The van der Waals surface area contributed by atoms with Crippen LogP contribution in [0.15, 0.2) is 53.4 Å². The lowest BCUT2D eigenvalue weighted by atomic mass is 10.2. The van der Waals surface area contributed by atoms with Gasteiger partial charge in [-0.1, -0.05) is 18.2 Å². The minimum absolute atomic E-state index is 0.0692. The molecule has 0 radical (unpaired) electrons. The van der Waals surface area contributed by atoms with Gasteiger partial charge in [-0.3, -0.25) is 4.79 Å². The summed E-state index contributed by atoms with van der Waals surface area (Å²) in [5, 5.41) is 2.63. The molecule has 1 unspecified atom stereocenters. The molecule has 0 fully saturated rings. The van der Waals surface area contributed by atoms with Crippen molar-refractivity contribution < 1.29 is 13.9 Å². The lowest BCUT2D eigenvalue weighted by Crippen LogP contribution is -2.30. The van der Waals surface area contributed by atoms with E-state index in [0.717, 1.165) is 16.2 Å². The number of para-hydroxylation sites is 1. The molecule has 1 amide bonds. The van der Waals surface area contributed by atoms with E-state index >= 15 is 0 Å². The van der Waals surface area contributed by atoms with Gasteiger partial charge in [0.1, 0.15) is 11.6 Å². The summed E-state index contributed by atoms with van der Waals surface area (Å²) < 4.78 is 18.1. The van der Waals surface area contributed by atoms with Crippen molar-refractivity contribution >= 4 is 17.7 Å². The van der Waals surface area contributed by atoms with Crippen molar-refractivity contribution in [1.82, 2.24) is 5.32 Å². The topological polar surface area (TPSA) is 38.3 Å². The molecule has 0 bridgehead atoms.